The van der Waals surface area contributed by atoms with Crippen LogP contribution < -0.4 is 10.6 Å². The van der Waals surface area contributed by atoms with Gasteiger partial charge in [0.1, 0.15) is 0 Å². The molecule has 2 aromatic rings. The van der Waals surface area contributed by atoms with Crippen LogP contribution in [-0.2, 0) is 4.79 Å². The maximum Gasteiger partial charge on any atom is 0.262 e. The predicted octanol–water partition coefficient (Wildman–Crippen LogP) is 5.98. The summed E-state index contributed by atoms with van der Waals surface area (Å²) in [7, 11) is 0. The summed E-state index contributed by atoms with van der Waals surface area (Å²) < 4.78 is 0. The molecule has 0 saturated heterocycles. The van der Waals surface area contributed by atoms with Crippen LogP contribution >= 0.6 is 23.4 Å². The fourth-order valence-electron chi connectivity index (χ4n) is 4.07. The Bertz CT molecular complexity index is 1020. The van der Waals surface area contributed by atoms with E-state index in [-0.39, 0.29) is 17.9 Å². The van der Waals surface area contributed by atoms with E-state index in [9.17, 15) is 9.59 Å². The highest BCUT2D eigenvalue weighted by Crippen LogP contribution is 2.40. The summed E-state index contributed by atoms with van der Waals surface area (Å²) in [5.74, 6) is 0.805. The van der Waals surface area contributed by atoms with Crippen LogP contribution in [0, 0.1) is 11.8 Å². The Morgan fingerprint density at radius 3 is 2.80 bits per heavy atom. The molecule has 4 rings (SSSR count). The van der Waals surface area contributed by atoms with Gasteiger partial charge in [-0.2, -0.15) is 0 Å². The first-order valence-electron chi connectivity index (χ1n) is 10.3. The molecule has 0 spiro atoms. The summed E-state index contributed by atoms with van der Waals surface area (Å²) in [5.41, 5.74) is 2.03. The van der Waals surface area contributed by atoms with Gasteiger partial charge in [0.05, 0.1) is 10.6 Å². The Kier molecular flexibility index (Phi) is 6.21. The molecular formula is C24H25ClN2O2S. The molecule has 3 atom stereocenters. The number of hydrogen-bond acceptors (Lipinski definition) is 3. The molecule has 1 aliphatic heterocycles. The van der Waals surface area contributed by atoms with Gasteiger partial charge in [-0.1, -0.05) is 68.3 Å². The lowest BCUT2D eigenvalue weighted by Gasteiger charge is -2.34. The predicted molar refractivity (Wildman–Crippen MR) is 124 cm³/mol. The van der Waals surface area contributed by atoms with E-state index in [4.69, 9.17) is 11.6 Å². The van der Waals surface area contributed by atoms with Gasteiger partial charge in [-0.05, 0) is 54.2 Å². The summed E-state index contributed by atoms with van der Waals surface area (Å²) in [6.07, 6.45) is 5.18. The van der Waals surface area contributed by atoms with Crippen LogP contribution in [0.25, 0.3) is 6.08 Å². The molecule has 6 heteroatoms. The number of rotatable bonds is 3. The number of anilines is 1. The van der Waals surface area contributed by atoms with Gasteiger partial charge in [0.2, 0.25) is 0 Å². The lowest BCUT2D eigenvalue weighted by Crippen LogP contribution is -2.43. The van der Waals surface area contributed by atoms with Crippen molar-refractivity contribution in [2.45, 2.75) is 44.0 Å². The van der Waals surface area contributed by atoms with Gasteiger partial charge >= 0.3 is 0 Å². The summed E-state index contributed by atoms with van der Waals surface area (Å²) in [6, 6.07) is 13.1. The third-order valence-corrected chi connectivity index (χ3v) is 7.59. The number of nitrogens with one attached hydrogen (secondary N) is 2. The monoisotopic (exact) mass is 440 g/mol. The third-order valence-electron chi connectivity index (χ3n) is 6.15. The molecule has 0 bridgehead atoms. The van der Waals surface area contributed by atoms with E-state index in [2.05, 4.69) is 24.5 Å². The molecule has 2 amide bonds. The summed E-state index contributed by atoms with van der Waals surface area (Å²) in [6.45, 7) is 4.47. The van der Waals surface area contributed by atoms with E-state index in [0.29, 0.717) is 33.0 Å². The van der Waals surface area contributed by atoms with Crippen LogP contribution in [0.3, 0.4) is 0 Å². The average Bonchev–Trinajstić information content (AvgIpc) is 2.73. The van der Waals surface area contributed by atoms with Crippen molar-refractivity contribution in [2.75, 3.05) is 5.32 Å². The van der Waals surface area contributed by atoms with Gasteiger partial charge in [-0.3, -0.25) is 9.59 Å². The maximum atomic E-state index is 12.8. The second-order valence-corrected chi connectivity index (χ2v) is 9.64. The Balaban J connectivity index is 1.51. The first kappa shape index (κ1) is 21.0. The van der Waals surface area contributed by atoms with Crippen molar-refractivity contribution in [1.82, 2.24) is 5.32 Å². The zero-order chi connectivity index (χ0) is 21.3. The maximum absolute atomic E-state index is 12.8. The highest BCUT2D eigenvalue weighted by molar-refractivity contribution is 8.04. The van der Waals surface area contributed by atoms with E-state index in [1.54, 1.807) is 18.2 Å². The number of halogens is 1. The molecule has 30 heavy (non-hydrogen) atoms. The smallest absolute Gasteiger partial charge is 0.262 e. The molecule has 1 heterocycles. The lowest BCUT2D eigenvalue weighted by molar-refractivity contribution is -0.112. The van der Waals surface area contributed by atoms with E-state index in [1.807, 2.05) is 30.3 Å². The van der Waals surface area contributed by atoms with Gasteiger partial charge in [0.15, 0.2) is 0 Å². The Hall–Kier alpha value is -2.24. The summed E-state index contributed by atoms with van der Waals surface area (Å²) in [4.78, 5) is 26.9. The van der Waals surface area contributed by atoms with Gasteiger partial charge in [-0.15, -0.1) is 0 Å². The molecule has 4 nitrogen and oxygen atoms in total. The largest absolute Gasteiger partial charge is 0.349 e. The number of fused-ring (bicyclic) bond motifs is 1. The highest BCUT2D eigenvalue weighted by Gasteiger charge is 2.29. The number of benzene rings is 2. The average molecular weight is 441 g/mol. The second-order valence-electron chi connectivity index (χ2n) is 8.14. The zero-order valence-electron chi connectivity index (χ0n) is 17.1. The zero-order valence-corrected chi connectivity index (χ0v) is 18.6. The van der Waals surface area contributed by atoms with Crippen molar-refractivity contribution < 1.29 is 9.59 Å². The fourth-order valence-corrected chi connectivity index (χ4v) is 5.19. The highest BCUT2D eigenvalue weighted by atomic mass is 35.5. The molecule has 156 valence electrons. The van der Waals surface area contributed by atoms with Crippen LogP contribution in [0.4, 0.5) is 5.69 Å². The van der Waals surface area contributed by atoms with Gasteiger partial charge in [-0.25, -0.2) is 0 Å². The van der Waals surface area contributed by atoms with Crippen molar-refractivity contribution in [3.8, 4) is 0 Å². The van der Waals surface area contributed by atoms with Crippen molar-refractivity contribution in [1.29, 1.82) is 0 Å². The van der Waals surface area contributed by atoms with Crippen LogP contribution in [0.15, 0.2) is 52.3 Å². The summed E-state index contributed by atoms with van der Waals surface area (Å²) >= 11 is 7.60. The van der Waals surface area contributed by atoms with E-state index >= 15 is 0 Å². The molecule has 1 fully saturated rings. The lowest BCUT2D eigenvalue weighted by atomic mass is 9.78. The Labute approximate surface area is 186 Å². The van der Waals surface area contributed by atoms with Crippen molar-refractivity contribution in [2.24, 2.45) is 11.8 Å². The van der Waals surface area contributed by atoms with Gasteiger partial charge in [0.25, 0.3) is 11.8 Å². The second kappa shape index (κ2) is 8.86. The number of carbonyl (C=O) groups excluding carboxylic acids is 2. The number of amides is 2. The summed E-state index contributed by atoms with van der Waals surface area (Å²) in [5, 5.41) is 6.71. The quantitative estimate of drug-likeness (QED) is 0.577. The topological polar surface area (TPSA) is 58.2 Å². The van der Waals surface area contributed by atoms with Crippen molar-refractivity contribution in [3.63, 3.8) is 0 Å². The fraction of sp³-hybridized carbons (Fsp3) is 0.333. The molecular weight excluding hydrogens is 416 g/mol. The van der Waals surface area contributed by atoms with Gasteiger partial charge < -0.3 is 10.6 Å². The number of hydrogen-bond donors (Lipinski definition) is 2. The van der Waals surface area contributed by atoms with E-state index < -0.39 is 0 Å². The molecule has 0 radical (unpaired) electrons. The first-order valence-corrected chi connectivity index (χ1v) is 11.5. The van der Waals surface area contributed by atoms with Crippen LogP contribution in [-0.4, -0.2) is 17.9 Å². The number of carbonyl (C=O) groups is 2. The number of thioether (sulfide) groups is 1. The molecule has 0 aromatic heterocycles. The van der Waals surface area contributed by atoms with Crippen LogP contribution in [0.5, 0.6) is 0 Å². The minimum Gasteiger partial charge on any atom is -0.349 e. The van der Waals surface area contributed by atoms with Crippen LogP contribution in [0.2, 0.25) is 5.02 Å². The van der Waals surface area contributed by atoms with E-state index in [1.165, 1.54) is 18.2 Å². The Morgan fingerprint density at radius 2 is 2.00 bits per heavy atom. The molecule has 2 N–H and O–H groups in total. The Morgan fingerprint density at radius 1 is 1.20 bits per heavy atom. The first-order chi connectivity index (χ1) is 14.4. The molecule has 0 unspecified atom stereocenters. The molecule has 1 aliphatic carbocycles. The van der Waals surface area contributed by atoms with Crippen LogP contribution in [0.1, 0.15) is 49.0 Å². The minimum absolute atomic E-state index is 0.0830. The van der Waals surface area contributed by atoms with Crippen molar-refractivity contribution in [3.05, 3.63) is 63.5 Å². The van der Waals surface area contributed by atoms with Gasteiger partial charge in [0, 0.05) is 21.5 Å². The molecule has 2 aromatic carbocycles. The third kappa shape index (κ3) is 4.42. The standard InChI is InChI=1S/C24H25ClN2O2S/c1-14-6-5-9-19(15(14)2)26-23(28)17-10-11-21-20(12-17)27-24(29)22(30-21)13-16-7-3-4-8-18(16)25/h3-4,7-8,10-15,19H,5-6,9H2,1-2H3,(H,26,28)(H,27,29)/b22-13+/t14-,15-,19+/m1/s1. The van der Waals surface area contributed by atoms with E-state index in [0.717, 1.165) is 23.3 Å². The molecule has 2 aliphatic rings. The molecule has 1 saturated carbocycles. The van der Waals surface area contributed by atoms with Crippen molar-refractivity contribution >= 4 is 46.9 Å². The minimum atomic E-state index is -0.195. The SMILES string of the molecule is C[C@@H]1[C@H](C)CCC[C@@H]1NC(=O)c1ccc2c(c1)NC(=O)/C(=C\c1ccccc1Cl)S2. The normalized spacial score (nSPS) is 24.8.